The van der Waals surface area contributed by atoms with Gasteiger partial charge in [0.2, 0.25) is 0 Å². The molecule has 0 atom stereocenters. The standard InChI is InChI=1S/C24H21FN10/c1-3-26-7-14-6-15(9-27-8-14)20-19(25)18-17(10-29-20)33-34-22(18)23-31-16-4-5-28-24(21(16)32-23)35-11-13(2)30-12-35/h4-6,8-12,26H,3,7H2,1-2H3,(H,31,32)(H,33,34). The number of halogens is 1. The first-order chi connectivity index (χ1) is 17.1. The normalized spacial score (nSPS) is 11.6. The van der Waals surface area contributed by atoms with E-state index in [0.717, 1.165) is 23.3 Å². The van der Waals surface area contributed by atoms with Gasteiger partial charge < -0.3 is 10.3 Å². The van der Waals surface area contributed by atoms with Crippen LogP contribution in [0.4, 0.5) is 4.39 Å². The minimum absolute atomic E-state index is 0.207. The van der Waals surface area contributed by atoms with Gasteiger partial charge in [-0.2, -0.15) is 5.10 Å². The van der Waals surface area contributed by atoms with Gasteiger partial charge in [-0.05, 0) is 31.2 Å². The third-order valence-corrected chi connectivity index (χ3v) is 5.75. The average Bonchev–Trinajstić information content (AvgIpc) is 3.60. The Morgan fingerprint density at radius 2 is 2.00 bits per heavy atom. The molecule has 35 heavy (non-hydrogen) atoms. The molecular formula is C24H21FN10. The first-order valence-corrected chi connectivity index (χ1v) is 11.2. The number of hydrogen-bond acceptors (Lipinski definition) is 7. The Hall–Kier alpha value is -4.51. The SMILES string of the molecule is CCNCc1cncc(-c2ncc3[nH]nc(-c4nc5c(-n6cnc(C)c6)nccc5[nH]4)c3c2F)c1. The van der Waals surface area contributed by atoms with Crippen LogP contribution < -0.4 is 5.32 Å². The van der Waals surface area contributed by atoms with Crippen molar-refractivity contribution < 1.29 is 4.39 Å². The smallest absolute Gasteiger partial charge is 0.166 e. The van der Waals surface area contributed by atoms with Gasteiger partial charge in [-0.25, -0.2) is 19.3 Å². The number of hydrogen-bond donors (Lipinski definition) is 3. The summed E-state index contributed by atoms with van der Waals surface area (Å²) < 4.78 is 17.7. The highest BCUT2D eigenvalue weighted by Gasteiger charge is 2.21. The number of imidazole rings is 2. The molecular weight excluding hydrogens is 447 g/mol. The average molecular weight is 469 g/mol. The number of H-pyrrole nitrogens is 2. The number of rotatable bonds is 6. The Balaban J connectivity index is 1.48. The fourth-order valence-electron chi connectivity index (χ4n) is 4.09. The summed E-state index contributed by atoms with van der Waals surface area (Å²) >= 11 is 0. The number of nitrogens with zero attached hydrogens (tertiary/aromatic N) is 7. The van der Waals surface area contributed by atoms with E-state index in [-0.39, 0.29) is 5.69 Å². The molecule has 6 aromatic heterocycles. The molecule has 0 amide bonds. The van der Waals surface area contributed by atoms with E-state index in [2.05, 4.69) is 40.4 Å². The second-order valence-electron chi connectivity index (χ2n) is 8.18. The number of nitrogens with one attached hydrogen (secondary N) is 3. The lowest BCUT2D eigenvalue weighted by atomic mass is 10.1. The first kappa shape index (κ1) is 21.1. The summed E-state index contributed by atoms with van der Waals surface area (Å²) in [7, 11) is 0. The minimum atomic E-state index is -0.488. The van der Waals surface area contributed by atoms with Gasteiger partial charge in [0.25, 0.3) is 0 Å². The van der Waals surface area contributed by atoms with E-state index in [1.165, 1.54) is 0 Å². The van der Waals surface area contributed by atoms with Gasteiger partial charge in [0.1, 0.15) is 23.2 Å². The molecule has 6 aromatic rings. The van der Waals surface area contributed by atoms with E-state index in [1.807, 2.05) is 32.2 Å². The number of aryl methyl sites for hydroxylation is 1. The summed E-state index contributed by atoms with van der Waals surface area (Å²) in [6, 6.07) is 3.71. The molecule has 3 N–H and O–H groups in total. The minimum Gasteiger partial charge on any atom is -0.336 e. The third kappa shape index (κ3) is 3.62. The summed E-state index contributed by atoms with van der Waals surface area (Å²) in [6.45, 7) is 5.41. The number of fused-ring (bicyclic) bond motifs is 2. The zero-order valence-corrected chi connectivity index (χ0v) is 19.0. The lowest BCUT2D eigenvalue weighted by molar-refractivity contribution is 0.638. The predicted octanol–water partition coefficient (Wildman–Crippen LogP) is 3.70. The molecule has 6 rings (SSSR count). The second-order valence-corrected chi connectivity index (χ2v) is 8.18. The van der Waals surface area contributed by atoms with Gasteiger partial charge in [0.15, 0.2) is 17.5 Å². The highest BCUT2D eigenvalue weighted by molar-refractivity contribution is 5.95. The fraction of sp³-hybridized carbons (Fsp3) is 0.167. The van der Waals surface area contributed by atoms with E-state index in [4.69, 9.17) is 4.98 Å². The Morgan fingerprint density at radius 3 is 2.83 bits per heavy atom. The monoisotopic (exact) mass is 468 g/mol. The second kappa shape index (κ2) is 8.37. The zero-order valence-electron chi connectivity index (χ0n) is 19.0. The Kier molecular flexibility index (Phi) is 5.03. The van der Waals surface area contributed by atoms with E-state index in [0.29, 0.717) is 45.9 Å². The van der Waals surface area contributed by atoms with Crippen molar-refractivity contribution >= 4 is 21.9 Å². The van der Waals surface area contributed by atoms with E-state index >= 15 is 4.39 Å². The summed E-state index contributed by atoms with van der Waals surface area (Å²) in [4.78, 5) is 25.3. The number of pyridine rings is 3. The van der Waals surface area contributed by atoms with Crippen LogP contribution in [0.15, 0.2) is 49.4 Å². The molecule has 174 valence electrons. The van der Waals surface area contributed by atoms with Crippen molar-refractivity contribution in [2.75, 3.05) is 6.54 Å². The van der Waals surface area contributed by atoms with Crippen LogP contribution in [-0.4, -0.2) is 51.2 Å². The summed E-state index contributed by atoms with van der Waals surface area (Å²) in [5.74, 6) is 0.557. The fourth-order valence-corrected chi connectivity index (χ4v) is 4.09. The van der Waals surface area contributed by atoms with Crippen molar-refractivity contribution in [3.63, 3.8) is 0 Å². The van der Waals surface area contributed by atoms with Crippen molar-refractivity contribution in [1.82, 2.24) is 50.0 Å². The van der Waals surface area contributed by atoms with Crippen LogP contribution >= 0.6 is 0 Å². The summed E-state index contributed by atoms with van der Waals surface area (Å²) in [5.41, 5.74) is 4.84. The predicted molar refractivity (Wildman–Crippen MR) is 129 cm³/mol. The Bertz CT molecular complexity index is 1680. The van der Waals surface area contributed by atoms with E-state index < -0.39 is 5.82 Å². The third-order valence-electron chi connectivity index (χ3n) is 5.75. The molecule has 0 saturated heterocycles. The molecule has 0 aliphatic heterocycles. The van der Waals surface area contributed by atoms with Gasteiger partial charge in [-0.15, -0.1) is 0 Å². The largest absolute Gasteiger partial charge is 0.336 e. The van der Waals surface area contributed by atoms with Crippen molar-refractivity contribution in [2.24, 2.45) is 0 Å². The number of aromatic amines is 2. The Labute approximate surface area is 198 Å². The molecule has 0 aliphatic rings. The molecule has 0 aromatic carbocycles. The molecule has 0 fully saturated rings. The lowest BCUT2D eigenvalue weighted by Gasteiger charge is -2.07. The molecule has 0 saturated carbocycles. The molecule has 0 unspecified atom stereocenters. The van der Waals surface area contributed by atoms with Crippen LogP contribution in [0.5, 0.6) is 0 Å². The molecule has 0 bridgehead atoms. The van der Waals surface area contributed by atoms with Crippen LogP contribution in [0.3, 0.4) is 0 Å². The molecule has 0 radical (unpaired) electrons. The maximum absolute atomic E-state index is 15.9. The topological polar surface area (TPSA) is 126 Å². The Morgan fingerprint density at radius 1 is 1.09 bits per heavy atom. The quantitative estimate of drug-likeness (QED) is 0.340. The molecule has 0 spiro atoms. The van der Waals surface area contributed by atoms with Crippen molar-refractivity contribution in [1.29, 1.82) is 0 Å². The van der Waals surface area contributed by atoms with Gasteiger partial charge in [-0.3, -0.25) is 19.6 Å². The summed E-state index contributed by atoms with van der Waals surface area (Å²) in [5, 5.41) is 10.8. The zero-order chi connectivity index (χ0) is 23.9. The highest BCUT2D eigenvalue weighted by Crippen LogP contribution is 2.33. The highest BCUT2D eigenvalue weighted by atomic mass is 19.1. The van der Waals surface area contributed by atoms with Crippen LogP contribution in [0.25, 0.3) is 50.5 Å². The van der Waals surface area contributed by atoms with E-state index in [9.17, 15) is 0 Å². The van der Waals surface area contributed by atoms with Crippen LogP contribution in [0.1, 0.15) is 18.2 Å². The van der Waals surface area contributed by atoms with Gasteiger partial charge >= 0.3 is 0 Å². The van der Waals surface area contributed by atoms with Crippen molar-refractivity contribution in [2.45, 2.75) is 20.4 Å². The molecule has 6 heterocycles. The van der Waals surface area contributed by atoms with Crippen LogP contribution in [0.2, 0.25) is 0 Å². The first-order valence-electron chi connectivity index (χ1n) is 11.2. The lowest BCUT2D eigenvalue weighted by Crippen LogP contribution is -2.11. The maximum atomic E-state index is 15.9. The maximum Gasteiger partial charge on any atom is 0.166 e. The summed E-state index contributed by atoms with van der Waals surface area (Å²) in [6.07, 6.45) is 10.2. The number of aromatic nitrogens is 9. The van der Waals surface area contributed by atoms with Gasteiger partial charge in [0.05, 0.1) is 28.3 Å². The molecule has 0 aliphatic carbocycles. The molecule has 10 nitrogen and oxygen atoms in total. The van der Waals surface area contributed by atoms with Gasteiger partial charge in [-0.1, -0.05) is 6.92 Å². The van der Waals surface area contributed by atoms with Crippen LogP contribution in [0, 0.1) is 12.7 Å². The molecule has 11 heteroatoms. The van der Waals surface area contributed by atoms with Crippen molar-refractivity contribution in [3.05, 3.63) is 66.5 Å². The van der Waals surface area contributed by atoms with Crippen molar-refractivity contribution in [3.8, 4) is 28.6 Å². The van der Waals surface area contributed by atoms with E-state index in [1.54, 1.807) is 35.7 Å². The van der Waals surface area contributed by atoms with Crippen LogP contribution in [-0.2, 0) is 6.54 Å². The van der Waals surface area contributed by atoms with Gasteiger partial charge in [0, 0.05) is 36.9 Å².